The van der Waals surface area contributed by atoms with Gasteiger partial charge in [-0.15, -0.1) is 0 Å². The highest BCUT2D eigenvalue weighted by Crippen LogP contribution is 2.35. The number of unbranched alkanes of at least 4 members (excludes halogenated alkanes) is 2. The second kappa shape index (κ2) is 10.6. The van der Waals surface area contributed by atoms with Crippen LogP contribution in [0.25, 0.3) is 0 Å². The van der Waals surface area contributed by atoms with Crippen LogP contribution in [0.3, 0.4) is 0 Å². The Morgan fingerprint density at radius 1 is 0.967 bits per heavy atom. The zero-order valence-corrected chi connectivity index (χ0v) is 18.8. The minimum absolute atomic E-state index is 0.242. The minimum atomic E-state index is -0.680. The number of carbonyl (C=O) groups is 3. The fraction of sp³-hybridized carbons (Fsp3) is 0.696. The summed E-state index contributed by atoms with van der Waals surface area (Å²) < 4.78 is 16.3. The molecule has 0 aliphatic heterocycles. The first-order valence-electron chi connectivity index (χ1n) is 10.9. The second-order valence-electron chi connectivity index (χ2n) is 8.83. The van der Waals surface area contributed by atoms with E-state index in [0.29, 0.717) is 25.3 Å². The first-order valence-corrected chi connectivity index (χ1v) is 10.9. The third-order valence-corrected chi connectivity index (χ3v) is 5.12. The number of H-pyrrole nitrogens is 1. The van der Waals surface area contributed by atoms with Crippen molar-refractivity contribution in [1.82, 2.24) is 4.98 Å². The molecule has 2 atom stereocenters. The molecule has 2 unspecified atom stereocenters. The van der Waals surface area contributed by atoms with E-state index in [0.717, 1.165) is 36.8 Å². The third kappa shape index (κ3) is 6.34. The van der Waals surface area contributed by atoms with Crippen LogP contribution in [0.5, 0.6) is 0 Å². The molecule has 7 heteroatoms. The van der Waals surface area contributed by atoms with Crippen LogP contribution in [0.1, 0.15) is 81.9 Å². The van der Waals surface area contributed by atoms with Gasteiger partial charge in [0.25, 0.3) is 0 Å². The Bertz CT molecular complexity index is 745. The predicted octanol–water partition coefficient (Wildman–Crippen LogP) is 3.99. The number of hydrogen-bond acceptors (Lipinski definition) is 6. The highest BCUT2D eigenvalue weighted by atomic mass is 16.6. The molecule has 0 spiro atoms. The van der Waals surface area contributed by atoms with Gasteiger partial charge in [0.05, 0.1) is 25.0 Å². The molecule has 168 valence electrons. The quantitative estimate of drug-likeness (QED) is 0.368. The first kappa shape index (κ1) is 24.0. The lowest BCUT2D eigenvalue weighted by Crippen LogP contribution is -2.39. The third-order valence-electron chi connectivity index (χ3n) is 5.12. The summed E-state index contributed by atoms with van der Waals surface area (Å²) in [5.41, 5.74) is 1.27. The molecule has 0 bridgehead atoms. The lowest BCUT2D eigenvalue weighted by atomic mass is 9.76. The van der Waals surface area contributed by atoms with Crippen LogP contribution >= 0.6 is 0 Å². The lowest BCUT2D eigenvalue weighted by molar-refractivity contribution is -0.161. The van der Waals surface area contributed by atoms with Crippen molar-refractivity contribution in [2.24, 2.45) is 11.8 Å². The van der Waals surface area contributed by atoms with Crippen molar-refractivity contribution < 1.29 is 28.6 Å². The van der Waals surface area contributed by atoms with Crippen LogP contribution in [-0.4, -0.2) is 41.7 Å². The van der Waals surface area contributed by atoms with Crippen molar-refractivity contribution in [3.8, 4) is 0 Å². The summed E-state index contributed by atoms with van der Waals surface area (Å²) >= 11 is 0. The van der Waals surface area contributed by atoms with Gasteiger partial charge < -0.3 is 19.2 Å². The Kier molecular flexibility index (Phi) is 8.50. The van der Waals surface area contributed by atoms with E-state index >= 15 is 0 Å². The average Bonchev–Trinajstić information content (AvgIpc) is 3.09. The maximum atomic E-state index is 12.8. The molecular formula is C23H35NO6. The van der Waals surface area contributed by atoms with Gasteiger partial charge >= 0.3 is 17.9 Å². The molecule has 1 heterocycles. The van der Waals surface area contributed by atoms with Crippen molar-refractivity contribution in [3.05, 3.63) is 23.0 Å². The van der Waals surface area contributed by atoms with Gasteiger partial charge in [-0.1, -0.05) is 26.7 Å². The Balaban J connectivity index is 2.25. The maximum Gasteiger partial charge on any atom is 0.355 e. The van der Waals surface area contributed by atoms with E-state index in [1.54, 1.807) is 27.0 Å². The van der Waals surface area contributed by atoms with Gasteiger partial charge in [-0.25, -0.2) is 4.79 Å². The van der Waals surface area contributed by atoms with Gasteiger partial charge in [0, 0.05) is 6.20 Å². The molecule has 1 aromatic heterocycles. The molecule has 0 radical (unpaired) electrons. The van der Waals surface area contributed by atoms with E-state index in [9.17, 15) is 14.4 Å². The summed E-state index contributed by atoms with van der Waals surface area (Å²) in [7, 11) is 0. The number of aromatic amines is 1. The van der Waals surface area contributed by atoms with E-state index in [2.05, 4.69) is 4.98 Å². The zero-order valence-electron chi connectivity index (χ0n) is 18.8. The first-order chi connectivity index (χ1) is 14.2. The molecule has 1 aliphatic carbocycles. The number of aromatic nitrogens is 1. The number of nitrogens with one attached hydrogen (secondary N) is 1. The Hall–Kier alpha value is -2.31. The number of hydrogen-bond donors (Lipinski definition) is 1. The molecule has 2 rings (SSSR count). The van der Waals surface area contributed by atoms with Gasteiger partial charge in [0.2, 0.25) is 0 Å². The van der Waals surface area contributed by atoms with Gasteiger partial charge in [-0.3, -0.25) is 9.59 Å². The summed E-state index contributed by atoms with van der Waals surface area (Å²) in [5, 5.41) is 0. The number of fused-ring (bicyclic) bond motifs is 1. The largest absolute Gasteiger partial charge is 0.465 e. The molecule has 0 saturated carbocycles. The van der Waals surface area contributed by atoms with Crippen LogP contribution in [0.15, 0.2) is 6.20 Å². The normalized spacial score (nSPS) is 18.4. The van der Waals surface area contributed by atoms with Gasteiger partial charge in [-0.2, -0.15) is 0 Å². The summed E-state index contributed by atoms with van der Waals surface area (Å²) in [5.74, 6) is -2.56. The number of carbonyl (C=O) groups excluding carboxylic acids is 3. The smallest absolute Gasteiger partial charge is 0.355 e. The Morgan fingerprint density at radius 2 is 1.50 bits per heavy atom. The number of ether oxygens (including phenoxy) is 3. The van der Waals surface area contributed by atoms with E-state index in [-0.39, 0.29) is 12.4 Å². The van der Waals surface area contributed by atoms with Crippen LogP contribution in [-0.2, 0) is 36.6 Å². The predicted molar refractivity (Wildman–Crippen MR) is 112 cm³/mol. The van der Waals surface area contributed by atoms with Crippen molar-refractivity contribution in [3.63, 3.8) is 0 Å². The molecular weight excluding hydrogens is 386 g/mol. The van der Waals surface area contributed by atoms with Gasteiger partial charge in [0.1, 0.15) is 11.3 Å². The van der Waals surface area contributed by atoms with E-state index in [1.807, 2.05) is 13.8 Å². The topological polar surface area (TPSA) is 94.7 Å². The Morgan fingerprint density at radius 3 is 2.00 bits per heavy atom. The number of rotatable bonds is 9. The minimum Gasteiger partial charge on any atom is -0.465 e. The standard InChI is InChI=1S/C23H35NO6/c1-6-8-10-28-20(25)17-12-15-14-24-19(22(27)30-23(3,4)5)16(15)13-18(17)21(26)29-11-9-7-2/h14,17-18,24H,6-13H2,1-5H3. The maximum absolute atomic E-state index is 12.8. The fourth-order valence-electron chi connectivity index (χ4n) is 3.51. The second-order valence-corrected chi connectivity index (χ2v) is 8.83. The molecule has 0 fully saturated rings. The SMILES string of the molecule is CCCCOC(=O)C1Cc2c[nH]c(C(=O)OC(C)(C)C)c2CC1C(=O)OCCCC. The highest BCUT2D eigenvalue weighted by Gasteiger charge is 2.42. The van der Waals surface area contributed by atoms with E-state index in [4.69, 9.17) is 14.2 Å². The van der Waals surface area contributed by atoms with Crippen molar-refractivity contribution in [2.75, 3.05) is 13.2 Å². The summed E-state index contributed by atoms with van der Waals surface area (Å²) in [6.45, 7) is 10.1. The van der Waals surface area contributed by atoms with Crippen LogP contribution in [0.4, 0.5) is 0 Å². The Labute approximate surface area is 178 Å². The molecule has 7 nitrogen and oxygen atoms in total. The van der Waals surface area contributed by atoms with Crippen LogP contribution in [0.2, 0.25) is 0 Å². The lowest BCUT2D eigenvalue weighted by Gasteiger charge is -2.29. The van der Waals surface area contributed by atoms with E-state index in [1.165, 1.54) is 0 Å². The summed E-state index contributed by atoms with van der Waals surface area (Å²) in [6.07, 6.45) is 5.66. The molecule has 1 aromatic rings. The summed E-state index contributed by atoms with van der Waals surface area (Å²) in [4.78, 5) is 41.1. The molecule has 0 saturated heterocycles. The van der Waals surface area contributed by atoms with Crippen molar-refractivity contribution in [1.29, 1.82) is 0 Å². The zero-order chi connectivity index (χ0) is 22.3. The molecule has 30 heavy (non-hydrogen) atoms. The van der Waals surface area contributed by atoms with Gasteiger partial charge in [-0.05, 0) is 57.6 Å². The molecule has 1 N–H and O–H groups in total. The van der Waals surface area contributed by atoms with Crippen molar-refractivity contribution in [2.45, 2.75) is 78.7 Å². The molecule has 0 aromatic carbocycles. The monoisotopic (exact) mass is 421 g/mol. The fourth-order valence-corrected chi connectivity index (χ4v) is 3.51. The molecule has 0 amide bonds. The van der Waals surface area contributed by atoms with Crippen molar-refractivity contribution >= 4 is 17.9 Å². The summed E-state index contributed by atoms with van der Waals surface area (Å²) in [6, 6.07) is 0. The van der Waals surface area contributed by atoms with Crippen LogP contribution < -0.4 is 0 Å². The highest BCUT2D eigenvalue weighted by molar-refractivity contribution is 5.91. The van der Waals surface area contributed by atoms with Crippen LogP contribution in [0, 0.1) is 11.8 Å². The van der Waals surface area contributed by atoms with E-state index < -0.39 is 29.4 Å². The molecule has 1 aliphatic rings. The van der Waals surface area contributed by atoms with Gasteiger partial charge in [0.15, 0.2) is 0 Å². The average molecular weight is 422 g/mol. The number of esters is 3.